The summed E-state index contributed by atoms with van der Waals surface area (Å²) < 4.78 is 0.959. The van der Waals surface area contributed by atoms with Gasteiger partial charge in [-0.15, -0.1) is 11.3 Å². The van der Waals surface area contributed by atoms with Gasteiger partial charge in [-0.25, -0.2) is 0 Å². The van der Waals surface area contributed by atoms with Gasteiger partial charge in [-0.3, -0.25) is 9.59 Å². The minimum absolute atomic E-state index is 0.113. The van der Waals surface area contributed by atoms with E-state index in [4.69, 9.17) is 0 Å². The van der Waals surface area contributed by atoms with E-state index in [2.05, 4.69) is 74.0 Å². The van der Waals surface area contributed by atoms with E-state index in [1.54, 1.807) is 11.3 Å². The fourth-order valence-corrected chi connectivity index (χ4v) is 8.41. The normalized spacial score (nSPS) is 15.8. The number of hydrogen-bond donors (Lipinski definition) is 1. The number of halogens is 1. The van der Waals surface area contributed by atoms with Gasteiger partial charge < -0.3 is 15.1 Å². The summed E-state index contributed by atoms with van der Waals surface area (Å²) in [6, 6.07) is 28.6. The van der Waals surface area contributed by atoms with Crippen LogP contribution in [0, 0.1) is 11.8 Å². The van der Waals surface area contributed by atoms with Crippen molar-refractivity contribution in [2.45, 2.75) is 64.3 Å². The Hall–Kier alpha value is -3.26. The summed E-state index contributed by atoms with van der Waals surface area (Å²) in [4.78, 5) is 32.6. The van der Waals surface area contributed by atoms with Crippen LogP contribution in [0.3, 0.4) is 0 Å². The minimum atomic E-state index is 0.113. The molecule has 2 amide bonds. The third-order valence-electron chi connectivity index (χ3n) is 10.2. The zero-order valence-electron chi connectivity index (χ0n) is 27.9. The number of likely N-dealkylation sites (tertiary alicyclic amines) is 1. The third kappa shape index (κ3) is 9.67. The molecule has 4 aromatic rings. The summed E-state index contributed by atoms with van der Waals surface area (Å²) in [5.41, 5.74) is 4.92. The largest absolute Gasteiger partial charge is 0.339 e. The molecule has 0 atom stereocenters. The van der Waals surface area contributed by atoms with Crippen LogP contribution in [-0.2, 0) is 24.2 Å². The molecule has 3 aromatic carbocycles. The lowest BCUT2D eigenvalue weighted by atomic mass is 9.87. The van der Waals surface area contributed by atoms with E-state index in [-0.39, 0.29) is 11.8 Å². The highest BCUT2D eigenvalue weighted by Gasteiger charge is 2.24. The van der Waals surface area contributed by atoms with Gasteiger partial charge in [0, 0.05) is 41.1 Å². The first-order valence-electron chi connectivity index (χ1n) is 17.7. The molecular formula is C41H48BrN3O2S. The number of carbonyl (C=O) groups is 2. The first-order chi connectivity index (χ1) is 23.5. The Balaban J connectivity index is 1.07. The van der Waals surface area contributed by atoms with Gasteiger partial charge in [0.15, 0.2) is 0 Å². The van der Waals surface area contributed by atoms with E-state index in [1.807, 2.05) is 47.4 Å². The predicted octanol–water partition coefficient (Wildman–Crippen LogP) is 9.01. The van der Waals surface area contributed by atoms with E-state index in [9.17, 15) is 9.59 Å². The second-order valence-corrected chi connectivity index (χ2v) is 15.4. The van der Waals surface area contributed by atoms with Gasteiger partial charge in [0.2, 0.25) is 5.91 Å². The van der Waals surface area contributed by atoms with Crippen molar-refractivity contribution < 1.29 is 9.59 Å². The summed E-state index contributed by atoms with van der Waals surface area (Å²) >= 11 is 5.35. The molecule has 0 aliphatic carbocycles. The number of thiophene rings is 1. The van der Waals surface area contributed by atoms with Gasteiger partial charge in [0.1, 0.15) is 0 Å². The Bertz CT molecular complexity index is 1630. The fraction of sp³-hybridized carbons (Fsp3) is 0.415. The standard InChI is InChI=1S/C41H48BrN3O2S/c42-39-15-2-1-10-36(39)29-40(46)45(25-20-38-14-6-26-48-38)30-33-9-4-11-34(27-33)35-12-5-13-37(28-35)41(47)44-23-18-32(19-24-44)8-3-7-31-16-21-43-22-17-31/h1-2,4-6,9-15,26-28,31-32,43H,3,7-8,16-25,29-30H2. The molecule has 6 rings (SSSR count). The first kappa shape index (κ1) is 34.6. The average Bonchev–Trinajstić information content (AvgIpc) is 3.65. The molecule has 0 radical (unpaired) electrons. The maximum absolute atomic E-state index is 13.7. The topological polar surface area (TPSA) is 52.7 Å². The first-order valence-corrected chi connectivity index (χ1v) is 19.4. The molecule has 7 heteroatoms. The number of amides is 2. The van der Waals surface area contributed by atoms with Crippen LogP contribution in [-0.4, -0.2) is 54.3 Å². The van der Waals surface area contributed by atoms with Gasteiger partial charge in [0.25, 0.3) is 5.91 Å². The number of hydrogen-bond acceptors (Lipinski definition) is 4. The van der Waals surface area contributed by atoms with Gasteiger partial charge >= 0.3 is 0 Å². The molecule has 5 nitrogen and oxygen atoms in total. The van der Waals surface area contributed by atoms with Crippen LogP contribution >= 0.6 is 27.3 Å². The summed E-state index contributed by atoms with van der Waals surface area (Å²) in [7, 11) is 0. The van der Waals surface area contributed by atoms with Crippen molar-refractivity contribution in [3.8, 4) is 11.1 Å². The van der Waals surface area contributed by atoms with Crippen molar-refractivity contribution >= 4 is 39.1 Å². The van der Waals surface area contributed by atoms with E-state index < -0.39 is 0 Å². The zero-order chi connectivity index (χ0) is 33.1. The molecule has 0 saturated carbocycles. The molecular weight excluding hydrogens is 678 g/mol. The molecule has 2 aliphatic heterocycles. The Morgan fingerprint density at radius 3 is 2.31 bits per heavy atom. The number of rotatable bonds is 13. The van der Waals surface area contributed by atoms with Gasteiger partial charge in [0.05, 0.1) is 6.42 Å². The van der Waals surface area contributed by atoms with Crippen molar-refractivity contribution in [3.63, 3.8) is 0 Å². The second kappa shape index (κ2) is 17.4. The smallest absolute Gasteiger partial charge is 0.253 e. The lowest BCUT2D eigenvalue weighted by molar-refractivity contribution is -0.131. The SMILES string of the molecule is O=C(Cc1ccccc1Br)N(CCc1cccs1)Cc1cccc(-c2cccc(C(=O)N3CCC(CCCC4CCNCC4)CC3)c2)c1. The van der Waals surface area contributed by atoms with Crippen LogP contribution in [0.2, 0.25) is 0 Å². The molecule has 0 bridgehead atoms. The average molecular weight is 727 g/mol. The quantitative estimate of drug-likeness (QED) is 0.150. The summed E-state index contributed by atoms with van der Waals surface area (Å²) in [5.74, 6) is 1.90. The second-order valence-electron chi connectivity index (χ2n) is 13.6. The lowest BCUT2D eigenvalue weighted by Crippen LogP contribution is -2.38. The van der Waals surface area contributed by atoms with Crippen molar-refractivity contribution in [1.82, 2.24) is 15.1 Å². The Morgan fingerprint density at radius 2 is 1.56 bits per heavy atom. The zero-order valence-corrected chi connectivity index (χ0v) is 30.3. The van der Waals surface area contributed by atoms with E-state index in [0.717, 1.165) is 76.5 Å². The predicted molar refractivity (Wildman–Crippen MR) is 201 cm³/mol. The summed E-state index contributed by atoms with van der Waals surface area (Å²) in [6.07, 6.45) is 10.1. The Kier molecular flexibility index (Phi) is 12.6. The van der Waals surface area contributed by atoms with Crippen LogP contribution in [0.5, 0.6) is 0 Å². The molecule has 3 heterocycles. The maximum Gasteiger partial charge on any atom is 0.253 e. The molecule has 252 valence electrons. The molecule has 0 spiro atoms. The molecule has 2 saturated heterocycles. The van der Waals surface area contributed by atoms with Crippen LogP contribution in [0.25, 0.3) is 11.1 Å². The van der Waals surface area contributed by atoms with Gasteiger partial charge in [-0.2, -0.15) is 0 Å². The van der Waals surface area contributed by atoms with E-state index in [1.165, 1.54) is 50.1 Å². The summed E-state index contributed by atoms with van der Waals surface area (Å²) in [6.45, 7) is 5.26. The highest BCUT2D eigenvalue weighted by Crippen LogP contribution is 2.28. The Labute approximate surface area is 298 Å². The van der Waals surface area contributed by atoms with Crippen molar-refractivity contribution in [1.29, 1.82) is 0 Å². The van der Waals surface area contributed by atoms with Crippen molar-refractivity contribution in [2.75, 3.05) is 32.7 Å². The highest BCUT2D eigenvalue weighted by molar-refractivity contribution is 9.10. The lowest BCUT2D eigenvalue weighted by Gasteiger charge is -2.32. The number of piperidine rings is 2. The van der Waals surface area contributed by atoms with Crippen molar-refractivity contribution in [2.24, 2.45) is 11.8 Å². The maximum atomic E-state index is 13.7. The van der Waals surface area contributed by atoms with Crippen LogP contribution < -0.4 is 5.32 Å². The number of nitrogens with zero attached hydrogens (tertiary/aromatic N) is 2. The molecule has 0 unspecified atom stereocenters. The molecule has 1 N–H and O–H groups in total. The molecule has 2 fully saturated rings. The van der Waals surface area contributed by atoms with E-state index >= 15 is 0 Å². The Morgan fingerprint density at radius 1 is 0.833 bits per heavy atom. The van der Waals surface area contributed by atoms with Crippen LogP contribution in [0.4, 0.5) is 0 Å². The van der Waals surface area contributed by atoms with E-state index in [0.29, 0.717) is 19.5 Å². The van der Waals surface area contributed by atoms with Gasteiger partial charge in [-0.05, 0) is 115 Å². The minimum Gasteiger partial charge on any atom is -0.339 e. The summed E-state index contributed by atoms with van der Waals surface area (Å²) in [5, 5.41) is 5.56. The number of nitrogens with one attached hydrogen (secondary N) is 1. The molecule has 1 aromatic heterocycles. The highest BCUT2D eigenvalue weighted by atomic mass is 79.9. The molecule has 2 aliphatic rings. The molecule has 48 heavy (non-hydrogen) atoms. The number of carbonyl (C=O) groups excluding carboxylic acids is 2. The third-order valence-corrected chi connectivity index (χ3v) is 11.9. The number of benzene rings is 3. The van der Waals surface area contributed by atoms with Crippen LogP contribution in [0.15, 0.2) is 94.8 Å². The monoisotopic (exact) mass is 725 g/mol. The van der Waals surface area contributed by atoms with Crippen LogP contribution in [0.1, 0.15) is 71.3 Å². The fourth-order valence-electron chi connectivity index (χ4n) is 7.28. The van der Waals surface area contributed by atoms with Gasteiger partial charge in [-0.1, -0.05) is 89.8 Å². The van der Waals surface area contributed by atoms with Crippen molar-refractivity contribution in [3.05, 3.63) is 116 Å².